The number of carboxylic acid groups (broad SMARTS) is 1. The summed E-state index contributed by atoms with van der Waals surface area (Å²) in [6.07, 6.45) is 34.4. The number of aryl methyl sites for hydroxylation is 8. The largest absolute Gasteiger partial charge is 0.478 e. The monoisotopic (exact) mass is 1810 g/mol. The Kier molecular flexibility index (Phi) is 25.9. The van der Waals surface area contributed by atoms with Crippen LogP contribution in [0, 0.1) is 61.2 Å². The number of nitrogens with zero attached hydrogens (tertiary/aromatic N) is 14. The summed E-state index contributed by atoms with van der Waals surface area (Å²) >= 11 is 0. The first-order chi connectivity index (χ1) is 64.0. The number of aromatic carboxylic acids is 1. The number of halogens is 5. The molecule has 4 N–H and O–H groups in total. The molecular formula is C103H107F5N16O9. The number of benzene rings is 3. The Balaban J connectivity index is 0.000000124. The molecular weight excluding hydrogens is 1700 g/mol. The Morgan fingerprint density at radius 1 is 0.391 bits per heavy atom. The van der Waals surface area contributed by atoms with Gasteiger partial charge in [-0.15, -0.1) is 0 Å². The number of carbonyl (C=O) groups is 3. The van der Waals surface area contributed by atoms with Crippen LogP contribution < -0.4 is 15.8 Å². The van der Waals surface area contributed by atoms with Crippen molar-refractivity contribution in [1.82, 2.24) is 74.1 Å². The number of methoxy groups -OCH3 is 1. The summed E-state index contributed by atoms with van der Waals surface area (Å²) in [7, 11) is 3.14. The first-order valence-electron chi connectivity index (χ1n) is 45.5. The van der Waals surface area contributed by atoms with Gasteiger partial charge in [0.25, 0.3) is 5.91 Å². The smallest absolute Gasteiger partial charge is 0.338 e. The molecule has 0 spiro atoms. The van der Waals surface area contributed by atoms with Crippen molar-refractivity contribution < 1.29 is 64.3 Å². The summed E-state index contributed by atoms with van der Waals surface area (Å²) in [6.45, 7) is 16.1. The van der Waals surface area contributed by atoms with E-state index in [-0.39, 0.29) is 19.0 Å². The molecule has 133 heavy (non-hydrogen) atoms. The second-order valence-corrected chi connectivity index (χ2v) is 36.2. The number of nitrogens with one attached hydrogen (secondary N) is 1. The molecule has 3 aromatic carbocycles. The van der Waals surface area contributed by atoms with Gasteiger partial charge in [-0.1, -0.05) is 128 Å². The summed E-state index contributed by atoms with van der Waals surface area (Å²) in [6, 6.07) is 26.9. The summed E-state index contributed by atoms with van der Waals surface area (Å²) in [5.41, 5.74) is 24.1. The van der Waals surface area contributed by atoms with Crippen molar-refractivity contribution in [3.63, 3.8) is 0 Å². The van der Waals surface area contributed by atoms with Crippen LogP contribution >= 0.6 is 0 Å². The molecule has 0 unspecified atom stereocenters. The lowest BCUT2D eigenvalue weighted by Gasteiger charge is -2.30. The van der Waals surface area contributed by atoms with E-state index < -0.39 is 45.9 Å². The minimum absolute atomic E-state index is 0.132. The Bertz CT molecular complexity index is 6910. The molecule has 4 aliphatic rings. The van der Waals surface area contributed by atoms with E-state index in [1.165, 1.54) is 19.2 Å². The topological polar surface area (TPSA) is 320 Å². The van der Waals surface area contributed by atoms with E-state index in [1.54, 1.807) is 56.1 Å². The molecule has 688 valence electrons. The van der Waals surface area contributed by atoms with Crippen molar-refractivity contribution in [2.75, 3.05) is 14.2 Å². The summed E-state index contributed by atoms with van der Waals surface area (Å²) < 4.78 is 111. The number of amides is 2. The molecule has 25 nitrogen and oxygen atoms in total. The van der Waals surface area contributed by atoms with E-state index in [9.17, 15) is 23.9 Å². The van der Waals surface area contributed by atoms with Crippen LogP contribution in [0.4, 0.5) is 22.0 Å². The van der Waals surface area contributed by atoms with Gasteiger partial charge in [0, 0.05) is 152 Å². The molecule has 4 aliphatic carbocycles. The highest BCUT2D eigenvalue weighted by atomic mass is 19.2. The van der Waals surface area contributed by atoms with Crippen LogP contribution in [0.5, 0.6) is 6.01 Å². The van der Waals surface area contributed by atoms with E-state index in [0.29, 0.717) is 104 Å². The number of alkyl halides is 4. The molecule has 30 heteroatoms. The first kappa shape index (κ1) is 91.1. The minimum Gasteiger partial charge on any atom is -0.478 e. The van der Waals surface area contributed by atoms with Gasteiger partial charge in [0.2, 0.25) is 5.91 Å². The Hall–Kier alpha value is -13.8. The molecule has 13 heterocycles. The average molecular weight is 1810 g/mol. The van der Waals surface area contributed by atoms with Gasteiger partial charge in [-0.05, 0) is 184 Å². The highest BCUT2D eigenvalue weighted by Crippen LogP contribution is 2.46. The van der Waals surface area contributed by atoms with Crippen LogP contribution in [0.2, 0.25) is 0 Å². The molecule has 4 fully saturated rings. The van der Waals surface area contributed by atoms with Crippen molar-refractivity contribution >= 4 is 61.9 Å². The van der Waals surface area contributed by atoms with Gasteiger partial charge in [-0.2, -0.15) is 0 Å². The highest BCUT2D eigenvalue weighted by Gasteiger charge is 2.38. The van der Waals surface area contributed by atoms with Crippen LogP contribution in [-0.4, -0.2) is 129 Å². The number of hydrogen-bond donors (Lipinski definition) is 3. The van der Waals surface area contributed by atoms with Crippen LogP contribution in [-0.2, 0) is 26.2 Å². The molecule has 0 atom stereocenters. The van der Waals surface area contributed by atoms with Gasteiger partial charge in [-0.3, -0.25) is 29.5 Å². The van der Waals surface area contributed by atoms with Crippen molar-refractivity contribution in [2.24, 2.45) is 5.73 Å². The predicted molar refractivity (Wildman–Crippen MR) is 499 cm³/mol. The third kappa shape index (κ3) is 19.1. The molecule has 0 aliphatic heterocycles. The number of pyridine rings is 4. The Labute approximate surface area is 765 Å². The lowest BCUT2D eigenvalue weighted by Crippen LogP contribution is -2.31. The third-order valence-corrected chi connectivity index (χ3v) is 26.8. The van der Waals surface area contributed by atoms with E-state index >= 15 is 17.6 Å². The number of fused-ring (bicyclic) bond motifs is 4. The maximum atomic E-state index is 15.8. The average Bonchev–Trinajstić information content (AvgIpc) is 1.62. The number of carbonyl (C=O) groups excluding carboxylic acids is 2. The lowest BCUT2D eigenvalue weighted by molar-refractivity contribution is 0.0690. The highest BCUT2D eigenvalue weighted by molar-refractivity contribution is 6.01. The minimum atomic E-state index is -1.35. The number of primary amides is 1. The zero-order chi connectivity index (χ0) is 93.4. The molecule has 0 bridgehead atoms. The number of hydrogen-bond acceptors (Lipinski definition) is 18. The summed E-state index contributed by atoms with van der Waals surface area (Å²) in [4.78, 5) is 62.4. The molecule has 0 radical (unpaired) electrons. The van der Waals surface area contributed by atoms with Crippen molar-refractivity contribution in [2.45, 2.75) is 233 Å². The summed E-state index contributed by atoms with van der Waals surface area (Å²) in [5.74, 6) is 0.103. The number of carboxylic acids is 1. The fourth-order valence-corrected chi connectivity index (χ4v) is 19.9. The Morgan fingerprint density at radius 2 is 0.669 bits per heavy atom. The maximum Gasteiger partial charge on any atom is 0.338 e. The van der Waals surface area contributed by atoms with Gasteiger partial charge in [-0.25, -0.2) is 36.7 Å². The van der Waals surface area contributed by atoms with E-state index in [2.05, 4.69) is 53.0 Å². The predicted octanol–water partition coefficient (Wildman–Crippen LogP) is 23.7. The van der Waals surface area contributed by atoms with Crippen LogP contribution in [0.3, 0.4) is 0 Å². The van der Waals surface area contributed by atoms with Gasteiger partial charge >= 0.3 is 12.0 Å². The summed E-state index contributed by atoms with van der Waals surface area (Å²) in [5, 5.41) is 28.3. The fourth-order valence-electron chi connectivity index (χ4n) is 19.9. The van der Waals surface area contributed by atoms with E-state index in [4.69, 9.17) is 43.5 Å². The quantitative estimate of drug-likeness (QED) is 0.0597. The number of ether oxygens (including phenoxy) is 1. The SMILES string of the molecule is CNC(=O)c1ccc(-c2cn(CC3(F)CCCCC3)c3cc(-c4c(C)noc4C)cnc23)cc1.COc1ncc(-c2cn(CC3(F)CCCCC3)c3cc(-c4c(C)noc4C)cnc23)cn1.Cc1noc(C)c1-c1cnc2c(-c3ccc(C(N)=O)cc3)cn(CC3(F)CCCCC3)c2c1.Cc1noc(C)c1-c1cnc2c(-c3ccc(F)c(C(=O)O)c3)cn(CC3(F)CCCCC3)c2c1. The fraction of sp³-hybridized carbons (Fsp3) is 0.369. The molecule has 4 saturated carbocycles. The number of aromatic nitrogens is 14. The van der Waals surface area contributed by atoms with Crippen LogP contribution in [0.1, 0.15) is 205 Å². The van der Waals surface area contributed by atoms with Crippen LogP contribution in [0.25, 0.3) is 133 Å². The van der Waals surface area contributed by atoms with Gasteiger partial charge in [0.05, 0.1) is 106 Å². The number of rotatable bonds is 20. The zero-order valence-corrected chi connectivity index (χ0v) is 76.3. The molecule has 2 amide bonds. The second kappa shape index (κ2) is 37.8. The normalized spacial score (nSPS) is 15.7. The van der Waals surface area contributed by atoms with Gasteiger partial charge < -0.3 is 57.3 Å². The zero-order valence-electron chi connectivity index (χ0n) is 76.3. The van der Waals surface area contributed by atoms with Crippen molar-refractivity contribution in [3.8, 4) is 95.0 Å². The van der Waals surface area contributed by atoms with Gasteiger partial charge in [0.1, 0.15) is 51.5 Å². The molecule has 20 rings (SSSR count). The Morgan fingerprint density at radius 3 is 0.940 bits per heavy atom. The van der Waals surface area contributed by atoms with Crippen LogP contribution in [0.15, 0.2) is 171 Å². The standard InChI is InChI=1S/C27H29FN4O2.C26H25F2N3O3.C26H27FN4O2.C24H26FN5O2/c1-17-24(18(2)34-31-17)21-13-23-25(30-14-21)22(19-7-9-20(10-8-19)26(33)29-3)15-32(23)16-27(28)11-5-4-6-12-27;1-15-23(16(2)34-30-15)18-11-22-24(29-12-18)20(17-6-7-21(27)19(10-17)25(32)33)13-31(22)14-26(28)8-4-3-5-9-26;1-16-23(17(2)33-30-16)20-12-22-24(29-13-20)21(18-6-8-19(9-7-18)25(28)32)14-31(22)15-26(27)10-4-3-5-11-26;1-15-21(16(2)32-29-15)17-9-20-22(26-10-17)19(18-11-27-23(31-3)28-12-18)13-30(20)14-24(25)7-5-4-6-8-24/h7-10,13-15H,4-6,11-12,16H2,1-3H3,(H,29,33);6-7,10-13H,3-5,8-9,14H2,1-2H3,(H,32,33);6-9,12-14H,3-5,10-11,15H2,1-2H3,(H2,28,32);9-13H,4-8,14H2,1-3H3. The molecule has 16 aromatic rings. The third-order valence-electron chi connectivity index (χ3n) is 26.8. The van der Waals surface area contributed by atoms with E-state index in [0.717, 1.165) is 240 Å². The molecule has 13 aromatic heterocycles. The molecule has 0 saturated heterocycles. The second-order valence-electron chi connectivity index (χ2n) is 36.2. The van der Waals surface area contributed by atoms with Crippen molar-refractivity contribution in [1.29, 1.82) is 0 Å². The van der Waals surface area contributed by atoms with Crippen molar-refractivity contribution in [3.05, 3.63) is 221 Å². The maximum absolute atomic E-state index is 15.8. The van der Waals surface area contributed by atoms with E-state index in [1.807, 2.05) is 147 Å². The van der Waals surface area contributed by atoms with Gasteiger partial charge in [0.15, 0.2) is 0 Å². The lowest BCUT2D eigenvalue weighted by atomic mass is 9.86. The number of nitrogens with two attached hydrogens (primary N) is 1. The first-order valence-corrected chi connectivity index (χ1v) is 45.5.